The van der Waals surface area contributed by atoms with E-state index in [0.29, 0.717) is 6.42 Å². The summed E-state index contributed by atoms with van der Waals surface area (Å²) in [7, 11) is 0. The van der Waals surface area contributed by atoms with Crippen LogP contribution in [0.4, 0.5) is 4.39 Å². The highest BCUT2D eigenvalue weighted by atomic mass is 35.5. The molecule has 0 N–H and O–H groups in total. The molecule has 2 atom stereocenters. The van der Waals surface area contributed by atoms with Crippen molar-refractivity contribution in [1.82, 2.24) is 4.90 Å². The van der Waals surface area contributed by atoms with Gasteiger partial charge in [0.25, 0.3) is 5.91 Å². The first-order valence-corrected chi connectivity index (χ1v) is 8.80. The fraction of sp³-hybridized carbons (Fsp3) is 0.312. The molecule has 0 bridgehead atoms. The van der Waals surface area contributed by atoms with Gasteiger partial charge in [-0.3, -0.25) is 9.69 Å². The SMILES string of the molecule is CC[C@H](C)[C@H](C(=O)[O-])N1C(=O)/C(=C/c2c(F)cccc2Cl)SC1=S. The highest BCUT2D eigenvalue weighted by Gasteiger charge is 2.39. The van der Waals surface area contributed by atoms with Crippen molar-refractivity contribution in [3.63, 3.8) is 0 Å². The Labute approximate surface area is 153 Å². The average Bonchev–Trinajstić information content (AvgIpc) is 2.78. The van der Waals surface area contributed by atoms with E-state index in [1.807, 2.05) is 6.92 Å². The fourth-order valence-corrected chi connectivity index (χ4v) is 3.84. The van der Waals surface area contributed by atoms with E-state index >= 15 is 0 Å². The summed E-state index contributed by atoms with van der Waals surface area (Å²) >= 11 is 12.0. The maximum absolute atomic E-state index is 13.9. The van der Waals surface area contributed by atoms with Crippen molar-refractivity contribution in [2.75, 3.05) is 0 Å². The van der Waals surface area contributed by atoms with Crippen LogP contribution in [-0.4, -0.2) is 27.1 Å². The van der Waals surface area contributed by atoms with Crippen LogP contribution >= 0.6 is 35.6 Å². The number of thioether (sulfide) groups is 1. The van der Waals surface area contributed by atoms with Crippen molar-refractivity contribution in [1.29, 1.82) is 0 Å². The predicted molar refractivity (Wildman–Crippen MR) is 94.7 cm³/mol. The summed E-state index contributed by atoms with van der Waals surface area (Å²) in [5.74, 6) is -2.87. The van der Waals surface area contributed by atoms with Crippen molar-refractivity contribution in [2.24, 2.45) is 5.92 Å². The molecular weight excluding hydrogens is 373 g/mol. The largest absolute Gasteiger partial charge is 0.548 e. The molecule has 4 nitrogen and oxygen atoms in total. The molecule has 0 unspecified atom stereocenters. The number of carboxylic acids is 1. The number of thiocarbonyl (C=S) groups is 1. The summed E-state index contributed by atoms with van der Waals surface area (Å²) < 4.78 is 14.0. The van der Waals surface area contributed by atoms with Gasteiger partial charge in [0.1, 0.15) is 10.1 Å². The molecule has 0 spiro atoms. The molecule has 0 radical (unpaired) electrons. The zero-order valence-electron chi connectivity index (χ0n) is 12.9. The van der Waals surface area contributed by atoms with Crippen LogP contribution in [0.1, 0.15) is 25.8 Å². The van der Waals surface area contributed by atoms with Crippen LogP contribution in [0.3, 0.4) is 0 Å². The highest BCUT2D eigenvalue weighted by molar-refractivity contribution is 8.26. The van der Waals surface area contributed by atoms with Gasteiger partial charge in [-0.2, -0.15) is 0 Å². The number of rotatable bonds is 5. The number of carbonyl (C=O) groups excluding carboxylic acids is 2. The van der Waals surface area contributed by atoms with E-state index < -0.39 is 23.7 Å². The number of nitrogens with zero attached hydrogens (tertiary/aromatic N) is 1. The first kappa shape index (κ1) is 18.9. The Morgan fingerprint density at radius 2 is 2.21 bits per heavy atom. The molecule has 24 heavy (non-hydrogen) atoms. The summed E-state index contributed by atoms with van der Waals surface area (Å²) in [6.07, 6.45) is 1.83. The summed E-state index contributed by atoms with van der Waals surface area (Å²) in [6, 6.07) is 3.02. The topological polar surface area (TPSA) is 60.4 Å². The molecule has 0 aliphatic carbocycles. The number of carbonyl (C=O) groups is 2. The van der Waals surface area contributed by atoms with Gasteiger partial charge in [-0.15, -0.1) is 0 Å². The first-order chi connectivity index (χ1) is 11.3. The summed E-state index contributed by atoms with van der Waals surface area (Å²) in [5.41, 5.74) is 0.0632. The van der Waals surface area contributed by atoms with Gasteiger partial charge in [-0.05, 0) is 24.1 Å². The molecule has 1 aliphatic heterocycles. The maximum Gasteiger partial charge on any atom is 0.266 e. The third-order valence-corrected chi connectivity index (χ3v) is 5.46. The van der Waals surface area contributed by atoms with Gasteiger partial charge >= 0.3 is 0 Å². The van der Waals surface area contributed by atoms with Gasteiger partial charge in [0.2, 0.25) is 0 Å². The predicted octanol–water partition coefficient (Wildman–Crippen LogP) is 2.84. The first-order valence-electron chi connectivity index (χ1n) is 7.19. The third-order valence-electron chi connectivity index (χ3n) is 3.80. The summed E-state index contributed by atoms with van der Waals surface area (Å²) in [5, 5.41) is 11.6. The van der Waals surface area contributed by atoms with Crippen LogP contribution in [0, 0.1) is 11.7 Å². The third kappa shape index (κ3) is 3.63. The van der Waals surface area contributed by atoms with E-state index in [9.17, 15) is 19.1 Å². The quantitative estimate of drug-likeness (QED) is 0.575. The molecule has 0 aromatic heterocycles. The molecule has 1 saturated heterocycles. The lowest BCUT2D eigenvalue weighted by atomic mass is 9.98. The number of halogens is 2. The molecule has 1 aromatic carbocycles. The lowest BCUT2D eigenvalue weighted by molar-refractivity contribution is -0.311. The lowest BCUT2D eigenvalue weighted by Gasteiger charge is -2.32. The molecule has 1 heterocycles. The minimum Gasteiger partial charge on any atom is -0.548 e. The van der Waals surface area contributed by atoms with Crippen molar-refractivity contribution < 1.29 is 19.1 Å². The highest BCUT2D eigenvalue weighted by Crippen LogP contribution is 2.37. The van der Waals surface area contributed by atoms with Crippen molar-refractivity contribution >= 4 is 57.9 Å². The fourth-order valence-electron chi connectivity index (χ4n) is 2.31. The Balaban J connectivity index is 2.42. The van der Waals surface area contributed by atoms with Gasteiger partial charge in [0, 0.05) is 5.56 Å². The molecule has 1 amide bonds. The Kier molecular flexibility index (Phi) is 6.01. The molecule has 0 saturated carbocycles. The van der Waals surface area contributed by atoms with Crippen molar-refractivity contribution in [3.05, 3.63) is 39.5 Å². The monoisotopic (exact) mass is 386 g/mol. The smallest absolute Gasteiger partial charge is 0.266 e. The normalized spacial score (nSPS) is 19.0. The van der Waals surface area contributed by atoms with Crippen LogP contribution in [0.15, 0.2) is 23.1 Å². The molecule has 1 aliphatic rings. The second-order valence-corrected chi connectivity index (χ2v) is 7.42. The van der Waals surface area contributed by atoms with E-state index in [0.717, 1.165) is 16.7 Å². The van der Waals surface area contributed by atoms with E-state index in [-0.39, 0.29) is 25.7 Å². The van der Waals surface area contributed by atoms with E-state index in [4.69, 9.17) is 23.8 Å². The molecule has 1 aromatic rings. The van der Waals surface area contributed by atoms with Crippen LogP contribution in [-0.2, 0) is 9.59 Å². The van der Waals surface area contributed by atoms with E-state index in [2.05, 4.69) is 0 Å². The summed E-state index contributed by atoms with van der Waals surface area (Å²) in [6.45, 7) is 3.52. The number of carboxylic acid groups (broad SMARTS) is 1. The minimum atomic E-state index is -1.37. The van der Waals surface area contributed by atoms with E-state index in [1.165, 1.54) is 24.3 Å². The van der Waals surface area contributed by atoms with Crippen LogP contribution in [0.2, 0.25) is 5.02 Å². The van der Waals surface area contributed by atoms with Crippen LogP contribution in [0.5, 0.6) is 0 Å². The Morgan fingerprint density at radius 3 is 2.75 bits per heavy atom. The van der Waals surface area contributed by atoms with Gasteiger partial charge in [-0.25, -0.2) is 4.39 Å². The second kappa shape index (κ2) is 7.63. The summed E-state index contributed by atoms with van der Waals surface area (Å²) in [4.78, 5) is 25.2. The molecular formula is C16H14ClFNO3S2-. The number of amides is 1. The Bertz CT molecular complexity index is 718. The zero-order valence-corrected chi connectivity index (χ0v) is 15.3. The number of hydrogen-bond acceptors (Lipinski definition) is 5. The lowest BCUT2D eigenvalue weighted by Crippen LogP contribution is -2.53. The average molecular weight is 387 g/mol. The Hall–Kier alpha value is -1.44. The molecule has 2 rings (SSSR count). The van der Waals surface area contributed by atoms with Crippen LogP contribution < -0.4 is 5.11 Å². The standard InChI is InChI=1S/C16H15ClFNO3S2/c1-3-8(2)13(15(21)22)19-14(20)12(24-16(19)23)7-9-10(17)5-4-6-11(9)18/h4-8,13H,3H2,1-2H3,(H,21,22)/p-1/b12-7-/t8-,13+/m0/s1. The zero-order chi connectivity index (χ0) is 18.0. The van der Waals surface area contributed by atoms with Gasteiger partial charge in [0.15, 0.2) is 0 Å². The molecule has 128 valence electrons. The van der Waals surface area contributed by atoms with Gasteiger partial charge in [0.05, 0.1) is 21.9 Å². The van der Waals surface area contributed by atoms with Gasteiger partial charge in [-0.1, -0.05) is 61.9 Å². The number of benzene rings is 1. The number of hydrogen-bond donors (Lipinski definition) is 0. The minimum absolute atomic E-state index is 0.0632. The molecule has 1 fully saturated rings. The van der Waals surface area contributed by atoms with Gasteiger partial charge < -0.3 is 9.90 Å². The maximum atomic E-state index is 13.9. The number of aliphatic carboxylic acids is 1. The molecule has 8 heteroatoms. The van der Waals surface area contributed by atoms with Crippen molar-refractivity contribution in [2.45, 2.75) is 26.3 Å². The van der Waals surface area contributed by atoms with E-state index in [1.54, 1.807) is 6.92 Å². The Morgan fingerprint density at radius 1 is 1.54 bits per heavy atom. The van der Waals surface area contributed by atoms with Crippen LogP contribution in [0.25, 0.3) is 6.08 Å². The van der Waals surface area contributed by atoms with Crippen molar-refractivity contribution in [3.8, 4) is 0 Å². The second-order valence-electron chi connectivity index (χ2n) is 5.34.